The lowest BCUT2D eigenvalue weighted by molar-refractivity contribution is 0.474. The molecule has 0 aliphatic carbocycles. The van der Waals surface area contributed by atoms with Crippen LogP contribution in [0.4, 0.5) is 0 Å². The highest BCUT2D eigenvalue weighted by molar-refractivity contribution is 6.27. The highest BCUT2D eigenvalue weighted by Gasteiger charge is 2.35. The van der Waals surface area contributed by atoms with Gasteiger partial charge in [-0.1, -0.05) is 111 Å². The second kappa shape index (κ2) is 12.0. The van der Waals surface area contributed by atoms with Crippen LogP contribution in [-0.4, -0.2) is 16.5 Å². The summed E-state index contributed by atoms with van der Waals surface area (Å²) in [6.07, 6.45) is 12.3. The summed E-state index contributed by atoms with van der Waals surface area (Å²) in [5.41, 5.74) is 7.63. The molecule has 2 aliphatic rings. The standard InChI is InChI=1S/C47H33N3O2/c1-3-31-45(35-14-8-13-34-33(35)23-22-29-20-21-30-27-48-25-24-32(30)43(29)34)49-47(38-16-10-19-41-44(38)36-12-4-5-17-39(36)52-41)50-46(31)37-15-9-18-40-42(37)28(2)11-6-7-26-51-40/h4-27,31,46H,2-3H2,1H3/b11-6-,26-7-. The fraction of sp³-hybridized carbons (Fsp3) is 0.0851. The number of fused-ring (bicyclic) bond motifs is 9. The van der Waals surface area contributed by atoms with E-state index in [1.165, 1.54) is 21.5 Å². The summed E-state index contributed by atoms with van der Waals surface area (Å²) >= 11 is 0. The van der Waals surface area contributed by atoms with Crippen molar-refractivity contribution in [3.63, 3.8) is 0 Å². The summed E-state index contributed by atoms with van der Waals surface area (Å²) in [5, 5.41) is 9.14. The van der Waals surface area contributed by atoms with Gasteiger partial charge in [0.1, 0.15) is 16.9 Å². The zero-order valence-electron chi connectivity index (χ0n) is 28.6. The SMILES string of the molecule is C=C1/C=C\C=C/Oc2cccc(C3N=C(c4cccc5oc6ccccc6c45)N=C(c4cccc5c4ccc4ccc6cnccc6c45)C3CC)c21. The van der Waals surface area contributed by atoms with Gasteiger partial charge in [0.2, 0.25) is 0 Å². The lowest BCUT2D eigenvalue weighted by Gasteiger charge is -2.32. The van der Waals surface area contributed by atoms with Crippen molar-refractivity contribution < 1.29 is 9.15 Å². The molecule has 0 amide bonds. The zero-order valence-corrected chi connectivity index (χ0v) is 28.6. The molecule has 2 aliphatic heterocycles. The third-order valence-electron chi connectivity index (χ3n) is 10.6. The minimum absolute atomic E-state index is 0.0358. The van der Waals surface area contributed by atoms with Crippen LogP contribution in [0.3, 0.4) is 0 Å². The number of hydrogen-bond donors (Lipinski definition) is 0. The molecule has 5 heteroatoms. The van der Waals surface area contributed by atoms with E-state index in [9.17, 15) is 0 Å². The molecule has 0 N–H and O–H groups in total. The molecule has 2 unspecified atom stereocenters. The number of amidine groups is 1. The van der Waals surface area contributed by atoms with Crippen molar-refractivity contribution in [1.29, 1.82) is 0 Å². The summed E-state index contributed by atoms with van der Waals surface area (Å²) in [6.45, 7) is 6.72. The van der Waals surface area contributed by atoms with Crippen LogP contribution in [0.25, 0.3) is 59.8 Å². The van der Waals surface area contributed by atoms with E-state index in [4.69, 9.17) is 19.1 Å². The Bertz CT molecular complexity index is 2910. The van der Waals surface area contributed by atoms with Gasteiger partial charge in [-0.3, -0.25) is 9.98 Å². The van der Waals surface area contributed by atoms with Crippen LogP contribution in [0.1, 0.15) is 41.6 Å². The fourth-order valence-electron chi connectivity index (χ4n) is 8.28. The van der Waals surface area contributed by atoms with Gasteiger partial charge >= 0.3 is 0 Å². The lowest BCUT2D eigenvalue weighted by atomic mass is 9.79. The average molecular weight is 672 g/mol. The number of pyridine rings is 1. The van der Waals surface area contributed by atoms with Crippen molar-refractivity contribution in [2.45, 2.75) is 19.4 Å². The van der Waals surface area contributed by atoms with Crippen LogP contribution in [0.15, 0.2) is 167 Å². The van der Waals surface area contributed by atoms with E-state index in [2.05, 4.69) is 97.3 Å². The summed E-state index contributed by atoms with van der Waals surface area (Å²) < 4.78 is 12.5. The van der Waals surface area contributed by atoms with Gasteiger partial charge in [0.05, 0.1) is 18.0 Å². The molecule has 4 heterocycles. The molecule has 10 rings (SSSR count). The van der Waals surface area contributed by atoms with Crippen molar-refractivity contribution in [3.8, 4) is 5.75 Å². The number of benzene rings is 6. The maximum absolute atomic E-state index is 6.35. The van der Waals surface area contributed by atoms with Crippen LogP contribution in [-0.2, 0) is 0 Å². The van der Waals surface area contributed by atoms with Crippen molar-refractivity contribution in [2.75, 3.05) is 0 Å². The first-order valence-electron chi connectivity index (χ1n) is 17.8. The third-order valence-corrected chi connectivity index (χ3v) is 10.6. The number of hydrogen-bond acceptors (Lipinski definition) is 5. The van der Waals surface area contributed by atoms with Crippen LogP contribution < -0.4 is 4.74 Å². The van der Waals surface area contributed by atoms with Gasteiger partial charge in [-0.05, 0) is 74.8 Å². The van der Waals surface area contributed by atoms with E-state index >= 15 is 0 Å². The third kappa shape index (κ3) is 4.66. The number of ether oxygens (including phenoxy) is 1. The van der Waals surface area contributed by atoms with E-state index in [1.54, 1.807) is 6.26 Å². The number of rotatable bonds is 4. The van der Waals surface area contributed by atoms with Crippen molar-refractivity contribution in [1.82, 2.24) is 4.98 Å². The molecule has 0 spiro atoms. The largest absolute Gasteiger partial charge is 0.464 e. The van der Waals surface area contributed by atoms with Crippen molar-refractivity contribution >= 4 is 71.4 Å². The maximum Gasteiger partial charge on any atom is 0.156 e. The second-order valence-electron chi connectivity index (χ2n) is 13.5. The Morgan fingerprint density at radius 1 is 0.692 bits per heavy atom. The second-order valence-corrected chi connectivity index (χ2v) is 13.5. The first kappa shape index (κ1) is 30.3. The van der Waals surface area contributed by atoms with Gasteiger partial charge in [0.25, 0.3) is 0 Å². The van der Waals surface area contributed by atoms with E-state index < -0.39 is 0 Å². The molecule has 2 atom stereocenters. The Labute approximate surface area is 300 Å². The number of allylic oxidation sites excluding steroid dienone is 4. The number of aliphatic imine (C=N–C) groups is 2. The van der Waals surface area contributed by atoms with Crippen LogP contribution >= 0.6 is 0 Å². The van der Waals surface area contributed by atoms with Crippen LogP contribution in [0, 0.1) is 5.92 Å². The highest BCUT2D eigenvalue weighted by Crippen LogP contribution is 2.44. The molecule has 5 nitrogen and oxygen atoms in total. The first-order valence-corrected chi connectivity index (χ1v) is 17.8. The number of aromatic nitrogens is 1. The normalized spacial score (nSPS) is 18.5. The topological polar surface area (TPSA) is 60.0 Å². The molecular formula is C47H33N3O2. The smallest absolute Gasteiger partial charge is 0.156 e. The Hall–Kier alpha value is -6.59. The predicted octanol–water partition coefficient (Wildman–Crippen LogP) is 11.9. The van der Waals surface area contributed by atoms with Gasteiger partial charge in [-0.15, -0.1) is 0 Å². The van der Waals surface area contributed by atoms with E-state index in [1.807, 2.05) is 61.0 Å². The van der Waals surface area contributed by atoms with E-state index in [0.29, 0.717) is 5.84 Å². The molecule has 0 fully saturated rings. The maximum atomic E-state index is 6.35. The average Bonchev–Trinajstić information content (AvgIpc) is 3.57. The molecule has 2 aromatic heterocycles. The number of para-hydroxylation sites is 1. The van der Waals surface area contributed by atoms with Gasteiger partial charge < -0.3 is 9.15 Å². The van der Waals surface area contributed by atoms with Gasteiger partial charge in [-0.25, -0.2) is 4.99 Å². The van der Waals surface area contributed by atoms with Crippen molar-refractivity contribution in [3.05, 3.63) is 175 Å². The Morgan fingerprint density at radius 2 is 1.50 bits per heavy atom. The number of nitrogens with zero attached hydrogens (tertiary/aromatic N) is 3. The highest BCUT2D eigenvalue weighted by atomic mass is 16.5. The summed E-state index contributed by atoms with van der Waals surface area (Å²) in [6, 6.07) is 37.9. The molecule has 0 saturated heterocycles. The van der Waals surface area contributed by atoms with Crippen molar-refractivity contribution in [2.24, 2.45) is 15.9 Å². The van der Waals surface area contributed by atoms with E-state index in [0.717, 1.165) is 78.4 Å². The summed E-state index contributed by atoms with van der Waals surface area (Å²) in [4.78, 5) is 15.6. The Kier molecular flexibility index (Phi) is 7.00. The fourth-order valence-corrected chi connectivity index (χ4v) is 8.28. The molecule has 6 aromatic carbocycles. The molecule has 52 heavy (non-hydrogen) atoms. The monoisotopic (exact) mass is 671 g/mol. The Balaban J connectivity index is 1.27. The summed E-state index contributed by atoms with van der Waals surface area (Å²) in [5.74, 6) is 1.41. The lowest BCUT2D eigenvalue weighted by Crippen LogP contribution is -2.29. The quantitative estimate of drug-likeness (QED) is 0.175. The predicted molar refractivity (Wildman–Crippen MR) is 214 cm³/mol. The van der Waals surface area contributed by atoms with E-state index in [-0.39, 0.29) is 12.0 Å². The molecule has 0 bridgehead atoms. The van der Waals surface area contributed by atoms with Gasteiger partial charge in [0.15, 0.2) is 5.84 Å². The van der Waals surface area contributed by atoms with Gasteiger partial charge in [-0.2, -0.15) is 0 Å². The number of furan rings is 1. The zero-order chi connectivity index (χ0) is 34.8. The molecule has 8 aromatic rings. The van der Waals surface area contributed by atoms with Gasteiger partial charge in [0, 0.05) is 51.2 Å². The Morgan fingerprint density at radius 3 is 2.44 bits per heavy atom. The minimum atomic E-state index is -0.268. The van der Waals surface area contributed by atoms with Crippen LogP contribution in [0.5, 0.6) is 5.75 Å². The molecule has 248 valence electrons. The molecule has 0 saturated carbocycles. The minimum Gasteiger partial charge on any atom is -0.464 e. The molecule has 0 radical (unpaired) electrons. The molecular weight excluding hydrogens is 639 g/mol. The van der Waals surface area contributed by atoms with Crippen LogP contribution in [0.2, 0.25) is 0 Å². The first-order chi connectivity index (χ1) is 25.7. The summed E-state index contributed by atoms with van der Waals surface area (Å²) in [7, 11) is 0.